The van der Waals surface area contributed by atoms with E-state index in [1.807, 2.05) is 52.8 Å². The predicted octanol–water partition coefficient (Wildman–Crippen LogP) is 7.56. The number of benzene rings is 2. The normalized spacial score (nSPS) is 14.2. The van der Waals surface area contributed by atoms with E-state index in [0.717, 1.165) is 17.5 Å². The molecule has 4 unspecified atom stereocenters. The molecule has 0 fully saturated rings. The van der Waals surface area contributed by atoms with Gasteiger partial charge in [0.15, 0.2) is 0 Å². The fraction of sp³-hybridized carbons (Fsp3) is 0.528. The van der Waals surface area contributed by atoms with E-state index in [4.69, 9.17) is 11.2 Å². The number of terminal acetylenes is 1. The van der Waals surface area contributed by atoms with Crippen molar-refractivity contribution in [1.29, 1.82) is 0 Å². The molecule has 2 aromatic rings. The molecule has 2 rings (SSSR count). The minimum absolute atomic E-state index is 0.217. The van der Waals surface area contributed by atoms with Crippen molar-refractivity contribution in [2.45, 2.75) is 112 Å². The minimum atomic E-state index is -0.979. The molecule has 7 heteroatoms. The lowest BCUT2D eigenvalue weighted by Crippen LogP contribution is -2.57. The molecule has 3 amide bonds. The molecule has 234 valence electrons. The van der Waals surface area contributed by atoms with Gasteiger partial charge in [-0.25, -0.2) is 4.79 Å². The van der Waals surface area contributed by atoms with Gasteiger partial charge in [-0.3, -0.25) is 9.59 Å². The van der Waals surface area contributed by atoms with Gasteiger partial charge in [-0.05, 0) is 95.0 Å². The summed E-state index contributed by atoms with van der Waals surface area (Å²) in [5.41, 5.74) is 3.13. The van der Waals surface area contributed by atoms with Gasteiger partial charge in [0.1, 0.15) is 17.7 Å². The summed E-state index contributed by atoms with van der Waals surface area (Å²) in [5, 5.41) is 5.97. The highest BCUT2D eigenvalue weighted by Gasteiger charge is 2.40. The van der Waals surface area contributed by atoms with Crippen molar-refractivity contribution in [2.75, 3.05) is 5.32 Å². The molecular weight excluding hydrogens is 538 g/mol. The van der Waals surface area contributed by atoms with Crippen LogP contribution in [0.1, 0.15) is 103 Å². The number of rotatable bonds is 12. The zero-order chi connectivity index (χ0) is 32.5. The van der Waals surface area contributed by atoms with Crippen molar-refractivity contribution in [3.05, 3.63) is 64.7 Å². The molecule has 0 radical (unpaired) electrons. The Labute approximate surface area is 259 Å². The van der Waals surface area contributed by atoms with E-state index in [2.05, 4.69) is 30.4 Å². The SMILES string of the molecule is C#Cc1ccc(C(C(=O)Nc2c(C)cccc2C)N(C(=O)C(NC(=O)OC(C)(C)C)C(C)CC)C(C)CCC(C)C)cc1. The van der Waals surface area contributed by atoms with Crippen LogP contribution in [0.2, 0.25) is 0 Å². The number of anilines is 1. The lowest BCUT2D eigenvalue weighted by Gasteiger charge is -2.40. The number of alkyl carbamates (subject to hydrolysis) is 1. The number of amides is 3. The highest BCUT2D eigenvalue weighted by Crippen LogP contribution is 2.31. The van der Waals surface area contributed by atoms with Gasteiger partial charge < -0.3 is 20.3 Å². The molecule has 2 N–H and O–H groups in total. The first kappa shape index (κ1) is 35.4. The largest absolute Gasteiger partial charge is 0.444 e. The molecule has 43 heavy (non-hydrogen) atoms. The quantitative estimate of drug-likeness (QED) is 0.250. The number of carbonyl (C=O) groups is 3. The molecule has 0 aliphatic heterocycles. The van der Waals surface area contributed by atoms with Crippen molar-refractivity contribution >= 4 is 23.6 Å². The average molecular weight is 590 g/mol. The molecule has 7 nitrogen and oxygen atoms in total. The first-order chi connectivity index (χ1) is 20.1. The van der Waals surface area contributed by atoms with Crippen LogP contribution in [0, 0.1) is 38.0 Å². The molecule has 0 bridgehead atoms. The first-order valence-corrected chi connectivity index (χ1v) is 15.3. The Bertz CT molecular complexity index is 1270. The van der Waals surface area contributed by atoms with Crippen molar-refractivity contribution < 1.29 is 19.1 Å². The molecule has 0 saturated heterocycles. The van der Waals surface area contributed by atoms with Crippen LogP contribution < -0.4 is 10.6 Å². The van der Waals surface area contributed by atoms with E-state index < -0.39 is 23.8 Å². The second kappa shape index (κ2) is 15.6. The monoisotopic (exact) mass is 589 g/mol. The summed E-state index contributed by atoms with van der Waals surface area (Å²) < 4.78 is 5.54. The van der Waals surface area contributed by atoms with E-state index >= 15 is 0 Å². The van der Waals surface area contributed by atoms with Crippen molar-refractivity contribution in [3.63, 3.8) is 0 Å². The molecule has 0 heterocycles. The summed E-state index contributed by atoms with van der Waals surface area (Å²) in [6.07, 6.45) is 7.13. The minimum Gasteiger partial charge on any atom is -0.444 e. The second-order valence-electron chi connectivity index (χ2n) is 13.0. The lowest BCUT2D eigenvalue weighted by atomic mass is 9.93. The Morgan fingerprint density at radius 2 is 1.53 bits per heavy atom. The van der Waals surface area contributed by atoms with Gasteiger partial charge in [-0.2, -0.15) is 0 Å². The highest BCUT2D eigenvalue weighted by atomic mass is 16.6. The predicted molar refractivity (Wildman–Crippen MR) is 175 cm³/mol. The Morgan fingerprint density at radius 1 is 0.953 bits per heavy atom. The Balaban J connectivity index is 2.71. The summed E-state index contributed by atoms with van der Waals surface area (Å²) in [4.78, 5) is 43.7. The van der Waals surface area contributed by atoms with Crippen molar-refractivity contribution in [2.24, 2.45) is 11.8 Å². The summed E-state index contributed by atoms with van der Waals surface area (Å²) >= 11 is 0. The summed E-state index contributed by atoms with van der Waals surface area (Å²) in [7, 11) is 0. The van der Waals surface area contributed by atoms with Crippen LogP contribution in [-0.4, -0.2) is 40.5 Å². The van der Waals surface area contributed by atoms with Gasteiger partial charge in [-0.1, -0.05) is 70.4 Å². The molecule has 0 saturated carbocycles. The number of nitrogens with one attached hydrogen (secondary N) is 2. The van der Waals surface area contributed by atoms with Crippen molar-refractivity contribution in [1.82, 2.24) is 10.2 Å². The van der Waals surface area contributed by atoms with E-state index in [1.165, 1.54) is 0 Å². The third-order valence-corrected chi connectivity index (χ3v) is 7.69. The highest BCUT2D eigenvalue weighted by molar-refractivity contribution is 6.00. The van der Waals surface area contributed by atoms with E-state index in [0.29, 0.717) is 35.6 Å². The van der Waals surface area contributed by atoms with Crippen LogP contribution >= 0.6 is 0 Å². The molecular formula is C36H51N3O4. The zero-order valence-electron chi connectivity index (χ0n) is 27.7. The third-order valence-electron chi connectivity index (χ3n) is 7.69. The van der Waals surface area contributed by atoms with Crippen LogP contribution in [0.4, 0.5) is 10.5 Å². The molecule has 0 aromatic heterocycles. The molecule has 2 aromatic carbocycles. The van der Waals surface area contributed by atoms with Crippen LogP contribution in [0.25, 0.3) is 0 Å². The van der Waals surface area contributed by atoms with Gasteiger partial charge in [-0.15, -0.1) is 6.42 Å². The van der Waals surface area contributed by atoms with Gasteiger partial charge in [0, 0.05) is 17.3 Å². The Hall–Kier alpha value is -3.79. The first-order valence-electron chi connectivity index (χ1n) is 15.3. The third kappa shape index (κ3) is 10.2. The van der Waals surface area contributed by atoms with E-state index in [9.17, 15) is 14.4 Å². The fourth-order valence-corrected chi connectivity index (χ4v) is 4.99. The van der Waals surface area contributed by atoms with E-state index in [-0.39, 0.29) is 23.8 Å². The van der Waals surface area contributed by atoms with Crippen LogP contribution in [-0.2, 0) is 14.3 Å². The maximum absolute atomic E-state index is 14.7. The number of ether oxygens (including phenoxy) is 1. The van der Waals surface area contributed by atoms with Gasteiger partial charge in [0.2, 0.25) is 5.91 Å². The molecule has 0 spiro atoms. The number of aryl methyl sites for hydroxylation is 2. The smallest absolute Gasteiger partial charge is 0.408 e. The average Bonchev–Trinajstić information content (AvgIpc) is 2.93. The fourth-order valence-electron chi connectivity index (χ4n) is 4.99. The number of nitrogens with zero attached hydrogens (tertiary/aromatic N) is 1. The van der Waals surface area contributed by atoms with E-state index in [1.54, 1.807) is 49.9 Å². The zero-order valence-corrected chi connectivity index (χ0v) is 27.7. The summed E-state index contributed by atoms with van der Waals surface area (Å²) in [6, 6.07) is 10.8. The second-order valence-corrected chi connectivity index (χ2v) is 13.0. The summed E-state index contributed by atoms with van der Waals surface area (Å²) in [6.45, 7) is 19.3. The number of carbonyl (C=O) groups excluding carboxylic acids is 3. The molecule has 4 atom stereocenters. The van der Waals surface area contributed by atoms with Crippen molar-refractivity contribution in [3.8, 4) is 12.3 Å². The molecule has 0 aliphatic rings. The van der Waals surface area contributed by atoms with Gasteiger partial charge in [0.25, 0.3) is 5.91 Å². The topological polar surface area (TPSA) is 87.7 Å². The standard InChI is InChI=1S/C36H51N3O4/c1-12-24(5)31(38-35(42)43-36(9,10)11)34(41)39(27(8)18-17-23(3)4)32(29-21-19-28(13-2)20-22-29)33(40)37-30-25(6)15-14-16-26(30)7/h2,14-16,19-24,27,31-32H,12,17-18H2,1,3-11H3,(H,37,40)(H,38,42). The van der Waals surface area contributed by atoms with Gasteiger partial charge >= 0.3 is 6.09 Å². The maximum Gasteiger partial charge on any atom is 0.408 e. The number of para-hydroxylation sites is 1. The maximum atomic E-state index is 14.7. The number of hydrogen-bond donors (Lipinski definition) is 2. The lowest BCUT2D eigenvalue weighted by molar-refractivity contribution is -0.144. The Morgan fingerprint density at radius 3 is 2.02 bits per heavy atom. The van der Waals surface area contributed by atoms with Crippen LogP contribution in [0.3, 0.4) is 0 Å². The number of hydrogen-bond acceptors (Lipinski definition) is 4. The van der Waals surface area contributed by atoms with Crippen LogP contribution in [0.5, 0.6) is 0 Å². The summed E-state index contributed by atoms with van der Waals surface area (Å²) in [5.74, 6) is 2.14. The Kier molecular flexibility index (Phi) is 12.9. The van der Waals surface area contributed by atoms with Gasteiger partial charge in [0.05, 0.1) is 0 Å². The van der Waals surface area contributed by atoms with Crippen LogP contribution in [0.15, 0.2) is 42.5 Å². The molecule has 0 aliphatic carbocycles.